The summed E-state index contributed by atoms with van der Waals surface area (Å²) in [5.41, 5.74) is 0.941. The minimum absolute atomic E-state index is 0.0267. The molecule has 0 unspecified atom stereocenters. The molecule has 0 saturated carbocycles. The van der Waals surface area contributed by atoms with E-state index in [2.05, 4.69) is 0 Å². The fourth-order valence-electron chi connectivity index (χ4n) is 2.04. The molecule has 1 aromatic rings. The molecule has 0 N–H and O–H groups in total. The van der Waals surface area contributed by atoms with Crippen LogP contribution in [0.3, 0.4) is 0 Å². The molecule has 0 bridgehead atoms. The zero-order valence-electron chi connectivity index (χ0n) is 10.7. The number of rotatable bonds is 3. The monoisotopic (exact) mass is 304 g/mol. The number of aryl methyl sites for hydroxylation is 1. The van der Waals surface area contributed by atoms with Crippen molar-refractivity contribution in [3.8, 4) is 0 Å². The standard InChI is InChI=1S/C12H16O5S2/c1-9-3-5-11(6-4-9)19(15,16)17-12-8-18(13,14)7-10(12)2/h3-6,10,12H,7-8H2,1-2H3/t10-,12+/m0/s1. The topological polar surface area (TPSA) is 77.5 Å². The molecule has 1 aliphatic heterocycles. The molecule has 0 amide bonds. The fraction of sp³-hybridized carbons (Fsp3) is 0.500. The van der Waals surface area contributed by atoms with Crippen molar-refractivity contribution in [2.45, 2.75) is 24.8 Å². The van der Waals surface area contributed by atoms with Gasteiger partial charge in [0.2, 0.25) is 0 Å². The number of hydrogen-bond acceptors (Lipinski definition) is 5. The predicted molar refractivity (Wildman–Crippen MR) is 71.1 cm³/mol. The van der Waals surface area contributed by atoms with Crippen LogP contribution in [0.2, 0.25) is 0 Å². The summed E-state index contributed by atoms with van der Waals surface area (Å²) in [6.07, 6.45) is -0.795. The summed E-state index contributed by atoms with van der Waals surface area (Å²) in [5.74, 6) is -0.578. The average Bonchev–Trinajstić information content (AvgIpc) is 2.51. The van der Waals surface area contributed by atoms with Crippen LogP contribution in [0.5, 0.6) is 0 Å². The average molecular weight is 304 g/mol. The van der Waals surface area contributed by atoms with Crippen LogP contribution in [0.25, 0.3) is 0 Å². The minimum atomic E-state index is -3.91. The van der Waals surface area contributed by atoms with Gasteiger partial charge >= 0.3 is 0 Å². The Balaban J connectivity index is 2.21. The lowest BCUT2D eigenvalue weighted by Gasteiger charge is -2.14. The van der Waals surface area contributed by atoms with Crippen LogP contribution in [0.4, 0.5) is 0 Å². The van der Waals surface area contributed by atoms with E-state index in [4.69, 9.17) is 4.18 Å². The molecule has 0 aromatic heterocycles. The second kappa shape index (κ2) is 4.88. The summed E-state index contributed by atoms with van der Waals surface area (Å²) in [5, 5.41) is 0. The second-order valence-electron chi connectivity index (χ2n) is 4.96. The summed E-state index contributed by atoms with van der Waals surface area (Å²) in [6.45, 7) is 3.53. The Morgan fingerprint density at radius 2 is 1.74 bits per heavy atom. The first kappa shape index (κ1) is 14.5. The van der Waals surface area contributed by atoms with E-state index in [9.17, 15) is 16.8 Å². The molecule has 2 rings (SSSR count). The van der Waals surface area contributed by atoms with E-state index in [1.807, 2.05) is 6.92 Å². The van der Waals surface area contributed by atoms with Gasteiger partial charge in [-0.1, -0.05) is 24.6 Å². The highest BCUT2D eigenvalue weighted by Crippen LogP contribution is 2.25. The highest BCUT2D eigenvalue weighted by Gasteiger charge is 2.38. The molecule has 1 aliphatic rings. The lowest BCUT2D eigenvalue weighted by atomic mass is 10.1. The Bertz CT molecular complexity index is 659. The van der Waals surface area contributed by atoms with Crippen molar-refractivity contribution < 1.29 is 21.0 Å². The normalized spacial score (nSPS) is 26.4. The van der Waals surface area contributed by atoms with Crippen LogP contribution in [-0.4, -0.2) is 34.4 Å². The van der Waals surface area contributed by atoms with Gasteiger partial charge in [0.1, 0.15) is 0 Å². The van der Waals surface area contributed by atoms with E-state index in [0.717, 1.165) is 5.56 Å². The van der Waals surface area contributed by atoms with Crippen LogP contribution in [0, 0.1) is 12.8 Å². The summed E-state index contributed by atoms with van der Waals surface area (Å²) in [4.78, 5) is 0.0506. The first-order valence-electron chi connectivity index (χ1n) is 5.90. The van der Waals surface area contributed by atoms with E-state index < -0.39 is 26.1 Å². The van der Waals surface area contributed by atoms with E-state index in [1.54, 1.807) is 19.1 Å². The van der Waals surface area contributed by atoms with Crippen molar-refractivity contribution in [3.63, 3.8) is 0 Å². The van der Waals surface area contributed by atoms with Gasteiger partial charge in [0.25, 0.3) is 10.1 Å². The second-order valence-corrected chi connectivity index (χ2v) is 8.68. The third-order valence-corrected chi connectivity index (χ3v) is 6.35. The quantitative estimate of drug-likeness (QED) is 0.782. The fourth-order valence-corrected chi connectivity index (χ4v) is 5.34. The maximum Gasteiger partial charge on any atom is 0.297 e. The molecule has 1 heterocycles. The third-order valence-electron chi connectivity index (χ3n) is 3.13. The molecule has 7 heteroatoms. The Kier molecular flexibility index (Phi) is 3.72. The van der Waals surface area contributed by atoms with Crippen LogP contribution in [0.15, 0.2) is 29.2 Å². The molecule has 5 nitrogen and oxygen atoms in total. The summed E-state index contributed by atoms with van der Waals surface area (Å²) in [7, 11) is -7.10. The minimum Gasteiger partial charge on any atom is -0.262 e. The Morgan fingerprint density at radius 1 is 1.16 bits per heavy atom. The Morgan fingerprint density at radius 3 is 2.21 bits per heavy atom. The van der Waals surface area contributed by atoms with Gasteiger partial charge in [-0.05, 0) is 25.0 Å². The summed E-state index contributed by atoms with van der Waals surface area (Å²) < 4.78 is 52.0. The maximum atomic E-state index is 12.0. The molecule has 0 aliphatic carbocycles. The van der Waals surface area contributed by atoms with Crippen molar-refractivity contribution in [1.29, 1.82) is 0 Å². The molecule has 1 fully saturated rings. The SMILES string of the molecule is Cc1ccc(S(=O)(=O)O[C@@H]2CS(=O)(=O)C[C@@H]2C)cc1. The van der Waals surface area contributed by atoms with Crippen LogP contribution in [0.1, 0.15) is 12.5 Å². The molecular formula is C12H16O5S2. The van der Waals surface area contributed by atoms with Gasteiger partial charge in [-0.15, -0.1) is 0 Å². The molecule has 2 atom stereocenters. The lowest BCUT2D eigenvalue weighted by Crippen LogP contribution is -2.24. The maximum absolute atomic E-state index is 12.0. The molecule has 106 valence electrons. The first-order valence-corrected chi connectivity index (χ1v) is 9.13. The third kappa shape index (κ3) is 3.34. The largest absolute Gasteiger partial charge is 0.297 e. The van der Waals surface area contributed by atoms with Crippen LogP contribution in [-0.2, 0) is 24.1 Å². The number of sulfone groups is 1. The van der Waals surface area contributed by atoms with Gasteiger partial charge in [-0.25, -0.2) is 8.42 Å². The van der Waals surface area contributed by atoms with Gasteiger partial charge in [0.15, 0.2) is 9.84 Å². The molecule has 19 heavy (non-hydrogen) atoms. The Labute approximate surface area is 113 Å². The molecular weight excluding hydrogens is 288 g/mol. The van der Waals surface area contributed by atoms with Crippen LogP contribution < -0.4 is 0 Å². The van der Waals surface area contributed by atoms with Gasteiger partial charge in [-0.3, -0.25) is 4.18 Å². The predicted octanol–water partition coefficient (Wildman–Crippen LogP) is 1.13. The molecule has 0 spiro atoms. The van der Waals surface area contributed by atoms with E-state index in [0.29, 0.717) is 0 Å². The Hall–Kier alpha value is -0.920. The zero-order valence-corrected chi connectivity index (χ0v) is 12.4. The van der Waals surface area contributed by atoms with Crippen molar-refractivity contribution >= 4 is 20.0 Å². The lowest BCUT2D eigenvalue weighted by molar-refractivity contribution is 0.192. The van der Waals surface area contributed by atoms with Crippen molar-refractivity contribution in [1.82, 2.24) is 0 Å². The number of benzene rings is 1. The van der Waals surface area contributed by atoms with E-state index >= 15 is 0 Å². The smallest absolute Gasteiger partial charge is 0.262 e. The van der Waals surface area contributed by atoms with Crippen molar-refractivity contribution in [2.24, 2.45) is 5.92 Å². The molecule has 1 saturated heterocycles. The summed E-state index contributed by atoms with van der Waals surface area (Å²) >= 11 is 0. The molecule has 1 aromatic carbocycles. The molecule has 0 radical (unpaired) electrons. The van der Waals surface area contributed by atoms with Gasteiger partial charge in [0, 0.05) is 0 Å². The van der Waals surface area contributed by atoms with Crippen LogP contribution >= 0.6 is 0 Å². The van der Waals surface area contributed by atoms with Gasteiger partial charge in [0.05, 0.1) is 22.5 Å². The highest BCUT2D eigenvalue weighted by atomic mass is 32.2. The highest BCUT2D eigenvalue weighted by molar-refractivity contribution is 7.91. The first-order chi connectivity index (χ1) is 8.70. The van der Waals surface area contributed by atoms with Crippen molar-refractivity contribution in [2.75, 3.05) is 11.5 Å². The zero-order chi connectivity index (χ0) is 14.3. The van der Waals surface area contributed by atoms with E-state index in [-0.39, 0.29) is 22.3 Å². The summed E-state index contributed by atoms with van der Waals surface area (Å²) in [6, 6.07) is 6.26. The van der Waals surface area contributed by atoms with Crippen molar-refractivity contribution in [3.05, 3.63) is 29.8 Å². The van der Waals surface area contributed by atoms with Gasteiger partial charge in [-0.2, -0.15) is 8.42 Å². The number of hydrogen-bond donors (Lipinski definition) is 0. The van der Waals surface area contributed by atoms with Gasteiger partial charge < -0.3 is 0 Å². The van der Waals surface area contributed by atoms with E-state index in [1.165, 1.54) is 12.1 Å².